The molecule has 3 atom stereocenters. The maximum absolute atomic E-state index is 11.5. The molecule has 3 nitrogen and oxygen atoms in total. The molecule has 0 bridgehead atoms. The average molecular weight is 314 g/mol. The summed E-state index contributed by atoms with van der Waals surface area (Å²) in [6, 6.07) is 8.39. The normalized spacial score (nSPS) is 15.8. The molecule has 1 N–H and O–H groups in total. The van der Waals surface area contributed by atoms with Gasteiger partial charge in [0.25, 0.3) is 0 Å². The first-order valence-electron chi connectivity index (χ1n) is 6.05. The van der Waals surface area contributed by atoms with Crippen molar-refractivity contribution < 1.29 is 9.53 Å². The van der Waals surface area contributed by atoms with Crippen molar-refractivity contribution in [2.24, 2.45) is 5.92 Å². The van der Waals surface area contributed by atoms with Crippen LogP contribution in [0.2, 0.25) is 0 Å². The Bertz CT molecular complexity index is 409. The third-order valence-corrected chi connectivity index (χ3v) is 3.68. The van der Waals surface area contributed by atoms with E-state index in [0.29, 0.717) is 0 Å². The first-order chi connectivity index (χ1) is 8.45. The average Bonchev–Trinajstić information content (AvgIpc) is 2.36. The van der Waals surface area contributed by atoms with Gasteiger partial charge in [0.2, 0.25) is 0 Å². The Kier molecular flexibility index (Phi) is 5.82. The highest BCUT2D eigenvalue weighted by molar-refractivity contribution is 9.10. The minimum Gasteiger partial charge on any atom is -0.469 e. The summed E-state index contributed by atoms with van der Waals surface area (Å²) in [5, 5.41) is 3.42. The first-order valence-corrected chi connectivity index (χ1v) is 6.84. The van der Waals surface area contributed by atoms with Crippen LogP contribution in [0.5, 0.6) is 0 Å². The van der Waals surface area contributed by atoms with Crippen molar-refractivity contribution in [3.8, 4) is 0 Å². The van der Waals surface area contributed by atoms with Gasteiger partial charge in [-0.15, -0.1) is 0 Å². The number of methoxy groups -OCH3 is 1. The Labute approximate surface area is 117 Å². The fourth-order valence-corrected chi connectivity index (χ4v) is 2.22. The molecule has 0 aromatic heterocycles. The number of rotatable bonds is 5. The van der Waals surface area contributed by atoms with Gasteiger partial charge in [0.15, 0.2) is 0 Å². The molecule has 0 heterocycles. The molecule has 0 saturated heterocycles. The zero-order chi connectivity index (χ0) is 13.7. The quantitative estimate of drug-likeness (QED) is 0.848. The van der Waals surface area contributed by atoms with Crippen LogP contribution < -0.4 is 5.32 Å². The summed E-state index contributed by atoms with van der Waals surface area (Å²) in [6.45, 7) is 5.95. The van der Waals surface area contributed by atoms with Crippen molar-refractivity contribution in [2.75, 3.05) is 7.11 Å². The molecule has 0 radical (unpaired) electrons. The van der Waals surface area contributed by atoms with E-state index in [4.69, 9.17) is 4.74 Å². The highest BCUT2D eigenvalue weighted by Gasteiger charge is 2.22. The van der Waals surface area contributed by atoms with E-state index in [1.807, 2.05) is 26.0 Å². The van der Waals surface area contributed by atoms with Gasteiger partial charge >= 0.3 is 5.97 Å². The van der Waals surface area contributed by atoms with Crippen LogP contribution in [0.15, 0.2) is 28.7 Å². The van der Waals surface area contributed by atoms with Gasteiger partial charge in [0.05, 0.1) is 13.0 Å². The smallest absolute Gasteiger partial charge is 0.309 e. The van der Waals surface area contributed by atoms with Crippen molar-refractivity contribution in [2.45, 2.75) is 32.9 Å². The van der Waals surface area contributed by atoms with Crippen molar-refractivity contribution in [3.63, 3.8) is 0 Å². The van der Waals surface area contributed by atoms with Gasteiger partial charge in [-0.2, -0.15) is 0 Å². The molecule has 0 aliphatic rings. The lowest BCUT2D eigenvalue weighted by Crippen LogP contribution is -2.38. The van der Waals surface area contributed by atoms with Gasteiger partial charge in [0.1, 0.15) is 0 Å². The maximum Gasteiger partial charge on any atom is 0.309 e. The first kappa shape index (κ1) is 15.2. The molecule has 3 unspecified atom stereocenters. The molecule has 4 heteroatoms. The van der Waals surface area contributed by atoms with Gasteiger partial charge in [0, 0.05) is 16.6 Å². The zero-order valence-corrected chi connectivity index (χ0v) is 12.8. The predicted octanol–water partition coefficient (Wildman–Crippen LogP) is 3.30. The summed E-state index contributed by atoms with van der Waals surface area (Å²) >= 11 is 3.46. The van der Waals surface area contributed by atoms with Crippen LogP contribution in [0.4, 0.5) is 0 Å². The van der Waals surface area contributed by atoms with Crippen molar-refractivity contribution in [1.29, 1.82) is 0 Å². The largest absolute Gasteiger partial charge is 0.469 e. The van der Waals surface area contributed by atoms with E-state index in [1.54, 1.807) is 0 Å². The van der Waals surface area contributed by atoms with Crippen molar-refractivity contribution in [1.82, 2.24) is 5.32 Å². The van der Waals surface area contributed by atoms with Crippen LogP contribution in [-0.2, 0) is 9.53 Å². The van der Waals surface area contributed by atoms with E-state index in [1.165, 1.54) is 12.7 Å². The molecule has 0 spiro atoms. The van der Waals surface area contributed by atoms with Crippen LogP contribution in [0.1, 0.15) is 32.4 Å². The van der Waals surface area contributed by atoms with Gasteiger partial charge < -0.3 is 10.1 Å². The number of nitrogens with one attached hydrogen (secondary N) is 1. The third kappa shape index (κ3) is 4.10. The van der Waals surface area contributed by atoms with E-state index in [2.05, 4.69) is 40.3 Å². The van der Waals surface area contributed by atoms with Gasteiger partial charge in [-0.25, -0.2) is 0 Å². The van der Waals surface area contributed by atoms with Crippen molar-refractivity contribution >= 4 is 21.9 Å². The molecule has 0 aliphatic heterocycles. The Morgan fingerprint density at radius 1 is 1.33 bits per heavy atom. The number of ether oxygens (including phenoxy) is 1. The summed E-state index contributed by atoms with van der Waals surface area (Å²) in [6.07, 6.45) is 0. The number of carbonyl (C=O) groups excluding carboxylic acids is 1. The Morgan fingerprint density at radius 2 is 2.00 bits per heavy atom. The molecule has 18 heavy (non-hydrogen) atoms. The number of halogens is 1. The fourth-order valence-electron chi connectivity index (χ4n) is 1.80. The molecule has 0 saturated carbocycles. The van der Waals surface area contributed by atoms with E-state index in [9.17, 15) is 4.79 Å². The van der Waals surface area contributed by atoms with E-state index in [0.717, 1.165) is 4.47 Å². The van der Waals surface area contributed by atoms with Gasteiger partial charge in [-0.1, -0.05) is 35.0 Å². The molecule has 1 aromatic rings. The summed E-state index contributed by atoms with van der Waals surface area (Å²) in [5.41, 5.74) is 1.19. The van der Waals surface area contributed by atoms with E-state index >= 15 is 0 Å². The minimum atomic E-state index is -0.184. The predicted molar refractivity (Wildman–Crippen MR) is 76.3 cm³/mol. The van der Waals surface area contributed by atoms with Crippen LogP contribution >= 0.6 is 15.9 Å². The Hall–Kier alpha value is -0.870. The summed E-state index contributed by atoms with van der Waals surface area (Å²) in [4.78, 5) is 11.5. The van der Waals surface area contributed by atoms with Crippen LogP contribution in [0.3, 0.4) is 0 Å². The highest BCUT2D eigenvalue weighted by Crippen LogP contribution is 2.19. The fraction of sp³-hybridized carbons (Fsp3) is 0.500. The highest BCUT2D eigenvalue weighted by atomic mass is 79.9. The topological polar surface area (TPSA) is 38.3 Å². The van der Waals surface area contributed by atoms with Gasteiger partial charge in [-0.3, -0.25) is 4.79 Å². The molecule has 0 aliphatic carbocycles. The molecular formula is C14H20BrNO2. The van der Waals surface area contributed by atoms with E-state index in [-0.39, 0.29) is 24.0 Å². The lowest BCUT2D eigenvalue weighted by molar-refractivity contribution is -0.145. The monoisotopic (exact) mass is 313 g/mol. The minimum absolute atomic E-state index is 0.0615. The van der Waals surface area contributed by atoms with Crippen LogP contribution in [-0.4, -0.2) is 19.1 Å². The second-order valence-corrected chi connectivity index (χ2v) is 5.46. The maximum atomic E-state index is 11.5. The summed E-state index contributed by atoms with van der Waals surface area (Å²) in [7, 11) is 1.42. The molecule has 0 amide bonds. The number of hydrogen-bond donors (Lipinski definition) is 1. The SMILES string of the molecule is COC(=O)C(C)C(C)NC(C)c1cccc(Br)c1. The van der Waals surface area contributed by atoms with Crippen LogP contribution in [0, 0.1) is 5.92 Å². The molecular weight excluding hydrogens is 294 g/mol. The van der Waals surface area contributed by atoms with E-state index < -0.39 is 0 Å². The van der Waals surface area contributed by atoms with Crippen LogP contribution in [0.25, 0.3) is 0 Å². The number of esters is 1. The summed E-state index contributed by atoms with van der Waals surface area (Å²) in [5.74, 6) is -0.346. The molecule has 1 rings (SSSR count). The molecule has 100 valence electrons. The zero-order valence-electron chi connectivity index (χ0n) is 11.2. The van der Waals surface area contributed by atoms with Gasteiger partial charge in [-0.05, 0) is 31.5 Å². The second-order valence-electron chi connectivity index (χ2n) is 4.54. The Balaban J connectivity index is 2.64. The second kappa shape index (κ2) is 6.90. The molecule has 1 aromatic carbocycles. The van der Waals surface area contributed by atoms with Crippen molar-refractivity contribution in [3.05, 3.63) is 34.3 Å². The lowest BCUT2D eigenvalue weighted by atomic mass is 10.0. The lowest BCUT2D eigenvalue weighted by Gasteiger charge is -2.24. The number of carbonyl (C=O) groups is 1. The number of hydrogen-bond acceptors (Lipinski definition) is 3. The Morgan fingerprint density at radius 3 is 2.56 bits per heavy atom. The third-order valence-electron chi connectivity index (χ3n) is 3.18. The number of benzene rings is 1. The standard InChI is InChI=1S/C14H20BrNO2/c1-9(14(17)18-4)10(2)16-11(3)12-6-5-7-13(15)8-12/h5-11,16H,1-4H3. The molecule has 0 fully saturated rings. The summed E-state index contributed by atoms with van der Waals surface area (Å²) < 4.78 is 5.81.